The van der Waals surface area contributed by atoms with E-state index in [2.05, 4.69) is 33.2 Å². The molecule has 3 aliphatic heterocycles. The van der Waals surface area contributed by atoms with Crippen molar-refractivity contribution < 1.29 is 29.4 Å². The molecule has 2 aromatic rings. The van der Waals surface area contributed by atoms with E-state index in [1.807, 2.05) is 52.8 Å². The van der Waals surface area contributed by atoms with Crippen molar-refractivity contribution in [3.05, 3.63) is 61.2 Å². The number of carbonyl (C=O) groups excluding carboxylic acids is 2. The van der Waals surface area contributed by atoms with Gasteiger partial charge in [0.25, 0.3) is 5.91 Å². The van der Waals surface area contributed by atoms with Gasteiger partial charge < -0.3 is 30.8 Å². The minimum Gasteiger partial charge on any atom is -0.481 e. The normalized spacial score (nSPS) is 25.3. The summed E-state index contributed by atoms with van der Waals surface area (Å²) >= 11 is 5.90. The molecule has 0 aromatic carbocycles. The molecular formula is C33H41N4O6S2+. The van der Waals surface area contributed by atoms with Crippen LogP contribution in [0.3, 0.4) is 0 Å². The van der Waals surface area contributed by atoms with Gasteiger partial charge in [-0.3, -0.25) is 19.2 Å². The molecule has 2 amide bonds. The van der Waals surface area contributed by atoms with Crippen LogP contribution in [-0.4, -0.2) is 66.2 Å². The summed E-state index contributed by atoms with van der Waals surface area (Å²) in [5.41, 5.74) is 7.55. The number of rotatable bonds is 11. The highest BCUT2D eigenvalue weighted by molar-refractivity contribution is 7.87. The monoisotopic (exact) mass is 653 g/mol. The number of nitrogens with one attached hydrogen (secondary N) is 4. The first-order valence-electron chi connectivity index (χ1n) is 15.2. The molecule has 2 saturated heterocycles. The maximum atomic E-state index is 12.7. The first kappa shape index (κ1) is 32.7. The van der Waals surface area contributed by atoms with E-state index >= 15 is 0 Å². The molecular weight excluding hydrogens is 613 g/mol. The number of thiol groups is 2. The standard InChI is InChI=1S/C33H40N4O6S2/c1-14-19(6-8-28(38)39)24(34-21(14)10-23-16(3)31(27-13-45-27)33(43)36-23)12-25-20(7-9-29(40)41)15(2)22(35-25)11-26-30(18(5)44)17(4)32(42)37-26/h10-12,17-18,23,27,30,34-35,44H,6-9,13H2,1-5H3,(H,36,43)(H,37,42)(H,38,39)(H,40,41)/p+1/b21-10+,24-12+,26-11-/t17-,18+,23-,27+,30+/m1/s1. The van der Waals surface area contributed by atoms with Crippen molar-refractivity contribution in [2.75, 3.05) is 5.75 Å². The number of H-pyrrole nitrogens is 2. The Morgan fingerprint density at radius 3 is 2.22 bits per heavy atom. The van der Waals surface area contributed by atoms with Gasteiger partial charge in [-0.05, 0) is 91.4 Å². The number of aromatic nitrogens is 2. The van der Waals surface area contributed by atoms with Gasteiger partial charge in [-0.15, -0.1) is 0 Å². The SMILES string of the molecule is CC1=C([C@@H]2C[SH+]2)C(=O)N[C@@H]1/C=c1/[nH]/c(=C/c2[nH]c(/C=C3\NC(=O)[C@H](C)[C@H]3[C@H](C)S)c(C)c2CCC(=O)O)c(CCC(=O)O)c1C. The average Bonchev–Trinajstić information content (AvgIpc) is 3.52. The number of hydrogen-bond donors (Lipinski definition) is 7. The molecule has 0 radical (unpaired) electrons. The lowest BCUT2D eigenvalue weighted by molar-refractivity contribution is -0.138. The zero-order valence-corrected chi connectivity index (χ0v) is 27.9. The minimum absolute atomic E-state index is 0.0279. The quantitative estimate of drug-likeness (QED) is 0.111. The number of allylic oxidation sites excluding steroid dienone is 1. The Morgan fingerprint density at radius 2 is 1.62 bits per heavy atom. The summed E-state index contributed by atoms with van der Waals surface area (Å²) in [5, 5.41) is 26.8. The Morgan fingerprint density at radius 1 is 0.978 bits per heavy atom. The van der Waals surface area contributed by atoms with Crippen LogP contribution in [-0.2, 0) is 43.8 Å². The fourth-order valence-corrected chi connectivity index (χ4v) is 7.77. The van der Waals surface area contributed by atoms with Crippen LogP contribution in [0.25, 0.3) is 18.2 Å². The predicted octanol–water partition coefficient (Wildman–Crippen LogP) is 1.66. The smallest absolute Gasteiger partial charge is 0.303 e. The Kier molecular flexibility index (Phi) is 9.46. The van der Waals surface area contributed by atoms with Crippen molar-refractivity contribution in [3.8, 4) is 0 Å². The van der Waals surface area contributed by atoms with Gasteiger partial charge in [-0.1, -0.05) is 13.8 Å². The van der Waals surface area contributed by atoms with E-state index in [1.54, 1.807) is 0 Å². The molecule has 0 aliphatic carbocycles. The molecule has 5 heterocycles. The van der Waals surface area contributed by atoms with Crippen LogP contribution in [0.15, 0.2) is 16.8 Å². The Hall–Kier alpha value is -3.64. The molecule has 3 aliphatic rings. The number of amides is 2. The van der Waals surface area contributed by atoms with Gasteiger partial charge in [0.15, 0.2) is 11.0 Å². The van der Waals surface area contributed by atoms with Crippen molar-refractivity contribution in [3.63, 3.8) is 0 Å². The summed E-state index contributed by atoms with van der Waals surface area (Å²) in [6.45, 7) is 9.69. The van der Waals surface area contributed by atoms with Gasteiger partial charge in [-0.2, -0.15) is 12.6 Å². The van der Waals surface area contributed by atoms with Crippen LogP contribution in [0.2, 0.25) is 0 Å². The van der Waals surface area contributed by atoms with Crippen molar-refractivity contribution >= 4 is 66.4 Å². The van der Waals surface area contributed by atoms with E-state index in [0.29, 0.717) is 22.7 Å². The highest BCUT2D eigenvalue weighted by Crippen LogP contribution is 2.34. The summed E-state index contributed by atoms with van der Waals surface area (Å²) in [6, 6.07) is -0.260. The zero-order valence-electron chi connectivity index (χ0n) is 26.1. The topological polar surface area (TPSA) is 164 Å². The summed E-state index contributed by atoms with van der Waals surface area (Å²) in [7, 11) is 0. The molecule has 5 atom stereocenters. The highest BCUT2D eigenvalue weighted by atomic mass is 32.2. The molecule has 240 valence electrons. The number of aromatic amines is 2. The second kappa shape index (κ2) is 13.0. The molecule has 0 bridgehead atoms. The third kappa shape index (κ3) is 6.81. The van der Waals surface area contributed by atoms with Crippen molar-refractivity contribution in [1.29, 1.82) is 0 Å². The van der Waals surface area contributed by atoms with Gasteiger partial charge in [0, 0.05) is 57.7 Å². The largest absolute Gasteiger partial charge is 0.481 e. The van der Waals surface area contributed by atoms with Crippen LogP contribution < -0.4 is 21.3 Å². The molecule has 0 spiro atoms. The fourth-order valence-electron chi connectivity index (χ4n) is 6.56. The van der Waals surface area contributed by atoms with Crippen molar-refractivity contribution in [1.82, 2.24) is 20.6 Å². The third-order valence-electron chi connectivity index (χ3n) is 9.22. The summed E-state index contributed by atoms with van der Waals surface area (Å²) in [5.74, 6) is -1.23. The maximum Gasteiger partial charge on any atom is 0.303 e. The number of carbonyl (C=O) groups is 4. The molecule has 45 heavy (non-hydrogen) atoms. The average molecular weight is 654 g/mol. The number of carboxylic acids is 2. The van der Waals surface area contributed by atoms with Gasteiger partial charge >= 0.3 is 11.9 Å². The summed E-state index contributed by atoms with van der Waals surface area (Å²) < 4.78 is 0. The van der Waals surface area contributed by atoms with Crippen LogP contribution in [0.5, 0.6) is 0 Å². The molecule has 10 nitrogen and oxygen atoms in total. The van der Waals surface area contributed by atoms with E-state index in [1.165, 1.54) is 11.8 Å². The first-order valence-corrected chi connectivity index (χ1v) is 16.9. The van der Waals surface area contributed by atoms with Gasteiger partial charge in [-0.25, -0.2) is 0 Å². The lowest BCUT2D eigenvalue weighted by atomic mass is 9.91. The van der Waals surface area contributed by atoms with E-state index in [9.17, 15) is 29.4 Å². The molecule has 0 saturated carbocycles. The predicted molar refractivity (Wildman–Crippen MR) is 180 cm³/mol. The number of hydrogen-bond acceptors (Lipinski definition) is 5. The number of carboxylic acid groups (broad SMARTS) is 2. The van der Waals surface area contributed by atoms with Crippen LogP contribution in [0, 0.1) is 25.7 Å². The van der Waals surface area contributed by atoms with Crippen LogP contribution in [0.1, 0.15) is 67.3 Å². The first-order chi connectivity index (χ1) is 21.3. The third-order valence-corrected chi connectivity index (χ3v) is 10.5. The maximum absolute atomic E-state index is 12.7. The van der Waals surface area contributed by atoms with Gasteiger partial charge in [0.05, 0.1) is 11.6 Å². The van der Waals surface area contributed by atoms with Crippen molar-refractivity contribution in [2.24, 2.45) is 11.8 Å². The fraction of sp³-hybridized carbons (Fsp3) is 0.455. The lowest BCUT2D eigenvalue weighted by Gasteiger charge is -2.17. The molecule has 6 N–H and O–H groups in total. The second-order valence-corrected chi connectivity index (χ2v) is 14.5. The van der Waals surface area contributed by atoms with Gasteiger partial charge in [0.2, 0.25) is 5.91 Å². The molecule has 2 fully saturated rings. The van der Waals surface area contributed by atoms with Gasteiger partial charge in [0.1, 0.15) is 0 Å². The van der Waals surface area contributed by atoms with Crippen LogP contribution >= 0.6 is 12.6 Å². The molecule has 0 unspecified atom stereocenters. The van der Waals surface area contributed by atoms with E-state index in [0.717, 1.165) is 55.9 Å². The Balaban J connectivity index is 1.63. The number of aliphatic carboxylic acids is 2. The lowest BCUT2D eigenvalue weighted by Crippen LogP contribution is -2.29. The van der Waals surface area contributed by atoms with Crippen molar-refractivity contribution in [2.45, 2.75) is 76.8 Å². The highest BCUT2D eigenvalue weighted by Gasteiger charge is 2.46. The molecule has 5 rings (SSSR count). The summed E-state index contributed by atoms with van der Waals surface area (Å²) in [4.78, 5) is 55.3. The van der Waals surface area contributed by atoms with E-state index in [4.69, 9.17) is 0 Å². The Labute approximate surface area is 271 Å². The summed E-state index contributed by atoms with van der Waals surface area (Å²) in [6.07, 6.45) is 6.26. The van der Waals surface area contributed by atoms with Crippen LogP contribution in [0.4, 0.5) is 0 Å². The second-order valence-electron chi connectivity index (χ2n) is 12.3. The Bertz CT molecular complexity index is 1760. The van der Waals surface area contributed by atoms with E-state index < -0.39 is 11.9 Å². The van der Waals surface area contributed by atoms with E-state index in [-0.39, 0.29) is 54.2 Å². The molecule has 12 heteroatoms. The molecule has 2 aromatic heterocycles. The zero-order chi connectivity index (χ0) is 32.7. The minimum atomic E-state index is -0.913.